The highest BCUT2D eigenvalue weighted by molar-refractivity contribution is 7.90. The van der Waals surface area contributed by atoms with Crippen molar-refractivity contribution in [3.05, 3.63) is 60.8 Å². The molecule has 0 aliphatic rings. The number of fused-ring (bicyclic) bond motifs is 1. The highest BCUT2D eigenvalue weighted by Gasteiger charge is 2.18. The fourth-order valence-electron chi connectivity index (χ4n) is 2.30. The van der Waals surface area contributed by atoms with Crippen LogP contribution in [0.4, 0.5) is 5.69 Å². The van der Waals surface area contributed by atoms with Gasteiger partial charge in [-0.3, -0.25) is 0 Å². The molecule has 0 spiro atoms. The molecule has 0 radical (unpaired) electrons. The highest BCUT2D eigenvalue weighted by atomic mass is 32.2. The molecule has 0 fully saturated rings. The molecule has 3 aromatic rings. The molecular formula is C16H15N3O2S2. The lowest BCUT2D eigenvalue weighted by atomic mass is 10.2. The van der Waals surface area contributed by atoms with Gasteiger partial charge in [-0.2, -0.15) is 0 Å². The first kappa shape index (κ1) is 15.5. The summed E-state index contributed by atoms with van der Waals surface area (Å²) in [7, 11) is -1.87. The molecule has 0 bridgehead atoms. The highest BCUT2D eigenvalue weighted by Crippen LogP contribution is 2.24. The van der Waals surface area contributed by atoms with Gasteiger partial charge in [0.05, 0.1) is 10.4 Å². The molecule has 1 heterocycles. The molecule has 0 saturated carbocycles. The van der Waals surface area contributed by atoms with Crippen LogP contribution in [0.25, 0.3) is 10.9 Å². The third kappa shape index (κ3) is 2.93. The zero-order chi connectivity index (χ0) is 16.4. The number of nitrogens with zero attached hydrogens (tertiary/aromatic N) is 1. The molecule has 0 aliphatic carbocycles. The second-order valence-electron chi connectivity index (χ2n) is 4.91. The van der Waals surface area contributed by atoms with Crippen molar-refractivity contribution in [3.8, 4) is 0 Å². The number of aromatic nitrogens is 1. The topological polar surface area (TPSA) is 63.1 Å². The minimum Gasteiger partial charge on any atom is -0.366 e. The Morgan fingerprint density at radius 1 is 1.09 bits per heavy atom. The molecule has 0 atom stereocenters. The number of nitrogens with one attached hydrogen (secondary N) is 2. The summed E-state index contributed by atoms with van der Waals surface area (Å²) in [6.07, 6.45) is 1.56. The van der Waals surface area contributed by atoms with Gasteiger partial charge in [0.15, 0.2) is 5.11 Å². The Morgan fingerprint density at radius 2 is 1.83 bits per heavy atom. The molecule has 5 nitrogen and oxygen atoms in total. The second-order valence-corrected chi connectivity index (χ2v) is 7.13. The smallest absolute Gasteiger partial charge is 0.268 e. The van der Waals surface area contributed by atoms with Crippen molar-refractivity contribution in [2.75, 3.05) is 12.4 Å². The zero-order valence-corrected chi connectivity index (χ0v) is 14.0. The molecule has 0 unspecified atom stereocenters. The normalized spacial score (nSPS) is 11.3. The number of anilines is 1. The maximum absolute atomic E-state index is 12.7. The van der Waals surface area contributed by atoms with Gasteiger partial charge in [-0.05, 0) is 48.6 Å². The standard InChI is InChI=1S/C16H15N3O2S2/c1-17-16(22)18-13-7-8-15-12(11-13)9-10-19(15)23(20,21)14-5-3-2-4-6-14/h2-11H,1H3,(H2,17,18,22). The predicted molar refractivity (Wildman–Crippen MR) is 96.2 cm³/mol. The van der Waals surface area contributed by atoms with Crippen molar-refractivity contribution in [3.63, 3.8) is 0 Å². The van der Waals surface area contributed by atoms with E-state index in [2.05, 4.69) is 10.6 Å². The minimum absolute atomic E-state index is 0.260. The van der Waals surface area contributed by atoms with Crippen molar-refractivity contribution in [2.45, 2.75) is 4.90 Å². The Bertz CT molecular complexity index is 963. The first-order valence-electron chi connectivity index (χ1n) is 6.93. The van der Waals surface area contributed by atoms with Crippen molar-refractivity contribution in [1.82, 2.24) is 9.29 Å². The van der Waals surface area contributed by atoms with Crippen LogP contribution >= 0.6 is 12.2 Å². The molecule has 0 aliphatic heterocycles. The van der Waals surface area contributed by atoms with Gasteiger partial charge in [0.2, 0.25) is 0 Å². The van der Waals surface area contributed by atoms with Crippen molar-refractivity contribution < 1.29 is 8.42 Å². The fraction of sp³-hybridized carbons (Fsp3) is 0.0625. The first-order valence-corrected chi connectivity index (χ1v) is 8.77. The lowest BCUT2D eigenvalue weighted by Crippen LogP contribution is -2.24. The van der Waals surface area contributed by atoms with E-state index in [1.165, 1.54) is 3.97 Å². The molecule has 0 saturated heterocycles. The van der Waals surface area contributed by atoms with E-state index < -0.39 is 10.0 Å². The number of rotatable bonds is 3. The Balaban J connectivity index is 2.05. The largest absolute Gasteiger partial charge is 0.366 e. The fourth-order valence-corrected chi connectivity index (χ4v) is 3.80. The third-order valence-electron chi connectivity index (χ3n) is 3.44. The van der Waals surface area contributed by atoms with E-state index in [4.69, 9.17) is 12.2 Å². The third-order valence-corrected chi connectivity index (χ3v) is 5.45. The van der Waals surface area contributed by atoms with Crippen molar-refractivity contribution >= 4 is 43.9 Å². The quantitative estimate of drug-likeness (QED) is 0.715. The maximum Gasteiger partial charge on any atom is 0.268 e. The maximum atomic E-state index is 12.7. The summed E-state index contributed by atoms with van der Waals surface area (Å²) in [5.41, 5.74) is 1.42. The SMILES string of the molecule is CNC(=S)Nc1ccc2c(ccn2S(=O)(=O)c2ccccc2)c1. The van der Waals surface area contributed by atoms with Crippen LogP contribution in [0.5, 0.6) is 0 Å². The molecule has 2 N–H and O–H groups in total. The second kappa shape index (κ2) is 6.02. The Labute approximate surface area is 140 Å². The van der Waals surface area contributed by atoms with Gasteiger partial charge >= 0.3 is 0 Å². The van der Waals surface area contributed by atoms with Gasteiger partial charge in [-0.1, -0.05) is 18.2 Å². The van der Waals surface area contributed by atoms with E-state index in [-0.39, 0.29) is 4.90 Å². The monoisotopic (exact) mass is 345 g/mol. The van der Waals surface area contributed by atoms with E-state index in [9.17, 15) is 8.42 Å². The van der Waals surface area contributed by atoms with Crippen LogP contribution in [0.3, 0.4) is 0 Å². The summed E-state index contributed by atoms with van der Waals surface area (Å²) in [6.45, 7) is 0. The van der Waals surface area contributed by atoms with E-state index >= 15 is 0 Å². The number of hydrogen-bond donors (Lipinski definition) is 2. The average Bonchev–Trinajstić information content (AvgIpc) is 2.99. The van der Waals surface area contributed by atoms with E-state index in [1.807, 2.05) is 6.07 Å². The lowest BCUT2D eigenvalue weighted by Gasteiger charge is -2.09. The van der Waals surface area contributed by atoms with E-state index in [1.54, 1.807) is 61.8 Å². The molecule has 7 heteroatoms. The molecule has 0 amide bonds. The summed E-state index contributed by atoms with van der Waals surface area (Å²) in [4.78, 5) is 0.260. The predicted octanol–water partition coefficient (Wildman–Crippen LogP) is 2.79. The molecular weight excluding hydrogens is 330 g/mol. The van der Waals surface area contributed by atoms with Crippen molar-refractivity contribution in [2.24, 2.45) is 0 Å². The summed E-state index contributed by atoms with van der Waals surface area (Å²) >= 11 is 5.07. The molecule has 1 aromatic heterocycles. The molecule has 2 aromatic carbocycles. The summed E-state index contributed by atoms with van der Waals surface area (Å²) < 4.78 is 26.8. The van der Waals surface area contributed by atoms with Crippen LogP contribution in [0.1, 0.15) is 0 Å². The minimum atomic E-state index is -3.60. The van der Waals surface area contributed by atoms with Crippen LogP contribution in [-0.4, -0.2) is 24.6 Å². The zero-order valence-electron chi connectivity index (χ0n) is 12.4. The number of benzene rings is 2. The van der Waals surface area contributed by atoms with Gasteiger partial charge in [0, 0.05) is 24.3 Å². The van der Waals surface area contributed by atoms with Crippen molar-refractivity contribution in [1.29, 1.82) is 0 Å². The Morgan fingerprint density at radius 3 is 2.52 bits per heavy atom. The Kier molecular flexibility index (Phi) is 4.06. The molecule has 3 rings (SSSR count). The van der Waals surface area contributed by atoms with Crippen LogP contribution in [0, 0.1) is 0 Å². The van der Waals surface area contributed by atoms with Crippen LogP contribution < -0.4 is 10.6 Å². The van der Waals surface area contributed by atoms with Gasteiger partial charge in [0.1, 0.15) is 0 Å². The van der Waals surface area contributed by atoms with Crippen LogP contribution in [-0.2, 0) is 10.0 Å². The average molecular weight is 345 g/mol. The van der Waals surface area contributed by atoms with Crippen LogP contribution in [0.15, 0.2) is 65.7 Å². The summed E-state index contributed by atoms with van der Waals surface area (Å²) in [5.74, 6) is 0. The van der Waals surface area contributed by atoms with E-state index in [0.29, 0.717) is 10.6 Å². The number of thiocarbonyl (C=S) groups is 1. The first-order chi connectivity index (χ1) is 11.0. The van der Waals surface area contributed by atoms with Gasteiger partial charge in [-0.25, -0.2) is 12.4 Å². The van der Waals surface area contributed by atoms with Gasteiger partial charge < -0.3 is 10.6 Å². The van der Waals surface area contributed by atoms with Gasteiger partial charge in [-0.15, -0.1) is 0 Å². The molecule has 23 heavy (non-hydrogen) atoms. The lowest BCUT2D eigenvalue weighted by molar-refractivity contribution is 0.589. The molecule has 118 valence electrons. The van der Waals surface area contributed by atoms with E-state index in [0.717, 1.165) is 11.1 Å². The number of hydrogen-bond acceptors (Lipinski definition) is 3. The summed E-state index contributed by atoms with van der Waals surface area (Å²) in [6, 6.07) is 15.6. The van der Waals surface area contributed by atoms with Crippen LogP contribution in [0.2, 0.25) is 0 Å². The van der Waals surface area contributed by atoms with Gasteiger partial charge in [0.25, 0.3) is 10.0 Å². The Hall–Kier alpha value is -2.38. The summed E-state index contributed by atoms with van der Waals surface area (Å²) in [5, 5.41) is 7.17.